The number of ketones is 1. The highest BCUT2D eigenvalue weighted by Gasteiger charge is 2.19. The van der Waals surface area contributed by atoms with E-state index in [2.05, 4.69) is 5.32 Å². The van der Waals surface area contributed by atoms with Gasteiger partial charge in [0.2, 0.25) is 5.91 Å². The van der Waals surface area contributed by atoms with Crippen molar-refractivity contribution in [3.63, 3.8) is 0 Å². The average molecular weight is 182 g/mol. The summed E-state index contributed by atoms with van der Waals surface area (Å²) in [7, 11) is 0. The van der Waals surface area contributed by atoms with Crippen molar-refractivity contribution in [1.29, 1.82) is 0 Å². The molecule has 0 aromatic carbocycles. The maximum absolute atomic E-state index is 11.1. The third-order valence-electron chi connectivity index (χ3n) is 1.96. The van der Waals surface area contributed by atoms with Crippen molar-refractivity contribution in [3.05, 3.63) is 11.9 Å². The van der Waals surface area contributed by atoms with Gasteiger partial charge in [0.25, 0.3) is 0 Å². The van der Waals surface area contributed by atoms with Gasteiger partial charge in [-0.25, -0.2) is 0 Å². The topological polar surface area (TPSA) is 49.4 Å². The summed E-state index contributed by atoms with van der Waals surface area (Å²) >= 11 is 0. The molecular formula is C9H14N2O2. The predicted octanol–water partition coefficient (Wildman–Crippen LogP) is 0.259. The van der Waals surface area contributed by atoms with Gasteiger partial charge in [0, 0.05) is 32.5 Å². The van der Waals surface area contributed by atoms with Gasteiger partial charge in [0.1, 0.15) is 5.82 Å². The van der Waals surface area contributed by atoms with E-state index >= 15 is 0 Å². The summed E-state index contributed by atoms with van der Waals surface area (Å²) in [4.78, 5) is 23.7. The number of nitrogens with one attached hydrogen (secondary N) is 1. The quantitative estimate of drug-likeness (QED) is 0.623. The summed E-state index contributed by atoms with van der Waals surface area (Å²) < 4.78 is 0. The second-order valence-corrected chi connectivity index (χ2v) is 2.95. The van der Waals surface area contributed by atoms with Crippen molar-refractivity contribution in [3.8, 4) is 0 Å². The molecule has 0 atom stereocenters. The minimum atomic E-state index is -0.0276. The number of hydrogen-bond acceptors (Lipinski definition) is 3. The van der Waals surface area contributed by atoms with Gasteiger partial charge in [-0.2, -0.15) is 0 Å². The van der Waals surface area contributed by atoms with Crippen LogP contribution in [-0.2, 0) is 9.59 Å². The van der Waals surface area contributed by atoms with E-state index in [0.29, 0.717) is 18.8 Å². The highest BCUT2D eigenvalue weighted by Crippen LogP contribution is 2.07. The van der Waals surface area contributed by atoms with Gasteiger partial charge >= 0.3 is 0 Å². The molecule has 1 fully saturated rings. The van der Waals surface area contributed by atoms with E-state index < -0.39 is 0 Å². The molecule has 0 unspecified atom stereocenters. The van der Waals surface area contributed by atoms with E-state index in [1.54, 1.807) is 11.8 Å². The SMILES string of the molecule is CCC(=O)C=C1NCCN1C(C)=O. The maximum atomic E-state index is 11.1. The highest BCUT2D eigenvalue weighted by molar-refractivity contribution is 5.90. The van der Waals surface area contributed by atoms with E-state index in [9.17, 15) is 9.59 Å². The van der Waals surface area contributed by atoms with Gasteiger partial charge < -0.3 is 5.32 Å². The fourth-order valence-corrected chi connectivity index (χ4v) is 1.22. The fourth-order valence-electron chi connectivity index (χ4n) is 1.22. The maximum Gasteiger partial charge on any atom is 0.225 e. The van der Waals surface area contributed by atoms with Crippen LogP contribution in [0.3, 0.4) is 0 Å². The van der Waals surface area contributed by atoms with Gasteiger partial charge in [-0.3, -0.25) is 14.5 Å². The second-order valence-electron chi connectivity index (χ2n) is 2.95. The Morgan fingerprint density at radius 2 is 2.31 bits per heavy atom. The molecule has 0 aromatic rings. The zero-order valence-corrected chi connectivity index (χ0v) is 7.96. The summed E-state index contributed by atoms with van der Waals surface area (Å²) in [5.41, 5.74) is 0. The average Bonchev–Trinajstić information content (AvgIpc) is 2.52. The van der Waals surface area contributed by atoms with Crippen molar-refractivity contribution in [2.75, 3.05) is 13.1 Å². The highest BCUT2D eigenvalue weighted by atomic mass is 16.2. The summed E-state index contributed by atoms with van der Waals surface area (Å²) in [6.45, 7) is 4.67. The molecule has 0 bridgehead atoms. The van der Waals surface area contributed by atoms with E-state index in [1.807, 2.05) is 0 Å². The lowest BCUT2D eigenvalue weighted by Gasteiger charge is -2.13. The van der Waals surface area contributed by atoms with Gasteiger partial charge in [-0.1, -0.05) is 6.92 Å². The number of nitrogens with zero attached hydrogens (tertiary/aromatic N) is 1. The van der Waals surface area contributed by atoms with Crippen molar-refractivity contribution in [1.82, 2.24) is 10.2 Å². The number of hydrogen-bond donors (Lipinski definition) is 1. The van der Waals surface area contributed by atoms with Crippen LogP contribution >= 0.6 is 0 Å². The molecule has 0 saturated carbocycles. The number of allylic oxidation sites excluding steroid dienone is 1. The molecular weight excluding hydrogens is 168 g/mol. The molecule has 1 aliphatic rings. The van der Waals surface area contributed by atoms with Crippen LogP contribution in [-0.4, -0.2) is 29.7 Å². The van der Waals surface area contributed by atoms with Crippen LogP contribution < -0.4 is 5.32 Å². The van der Waals surface area contributed by atoms with Crippen molar-refractivity contribution < 1.29 is 9.59 Å². The van der Waals surface area contributed by atoms with Crippen molar-refractivity contribution in [2.24, 2.45) is 0 Å². The molecule has 1 rings (SSSR count). The largest absolute Gasteiger partial charge is 0.369 e. The van der Waals surface area contributed by atoms with Gasteiger partial charge in [0.15, 0.2) is 5.78 Å². The minimum Gasteiger partial charge on any atom is -0.369 e. The molecule has 0 spiro atoms. The van der Waals surface area contributed by atoms with E-state index in [4.69, 9.17) is 0 Å². The van der Waals surface area contributed by atoms with E-state index in [1.165, 1.54) is 13.0 Å². The summed E-state index contributed by atoms with van der Waals surface area (Å²) in [5, 5.41) is 3.00. The second kappa shape index (κ2) is 4.07. The van der Waals surface area contributed by atoms with Gasteiger partial charge in [-0.05, 0) is 0 Å². The number of rotatable bonds is 2. The Bertz CT molecular complexity index is 258. The lowest BCUT2D eigenvalue weighted by Crippen LogP contribution is -2.25. The van der Waals surface area contributed by atoms with Crippen LogP contribution in [0.15, 0.2) is 11.9 Å². The van der Waals surface area contributed by atoms with Gasteiger partial charge in [-0.15, -0.1) is 0 Å². The monoisotopic (exact) mass is 182 g/mol. The molecule has 4 nitrogen and oxygen atoms in total. The Morgan fingerprint density at radius 1 is 1.62 bits per heavy atom. The summed E-state index contributed by atoms with van der Waals surface area (Å²) in [5.74, 6) is 0.648. The third-order valence-corrected chi connectivity index (χ3v) is 1.96. The first-order valence-corrected chi connectivity index (χ1v) is 4.41. The summed E-state index contributed by atoms with van der Waals surface area (Å²) in [6.07, 6.45) is 1.96. The van der Waals surface area contributed by atoms with Crippen LogP contribution in [0.2, 0.25) is 0 Å². The Labute approximate surface area is 77.6 Å². The molecule has 72 valence electrons. The van der Waals surface area contributed by atoms with Crippen LogP contribution in [0.1, 0.15) is 20.3 Å². The molecule has 1 heterocycles. The predicted molar refractivity (Wildman–Crippen MR) is 48.8 cm³/mol. The number of carbonyl (C=O) groups is 2. The normalized spacial score (nSPS) is 18.9. The van der Waals surface area contributed by atoms with Crippen LogP contribution in [0.4, 0.5) is 0 Å². The lowest BCUT2D eigenvalue weighted by atomic mass is 10.3. The molecule has 1 saturated heterocycles. The zero-order chi connectivity index (χ0) is 9.84. The molecule has 4 heteroatoms. The van der Waals surface area contributed by atoms with Crippen LogP contribution in [0, 0.1) is 0 Å². The zero-order valence-electron chi connectivity index (χ0n) is 7.96. The van der Waals surface area contributed by atoms with Crippen LogP contribution in [0.25, 0.3) is 0 Å². The summed E-state index contributed by atoms with van der Waals surface area (Å²) in [6, 6.07) is 0. The first-order valence-electron chi connectivity index (χ1n) is 4.41. The molecule has 1 aliphatic heterocycles. The van der Waals surface area contributed by atoms with Crippen molar-refractivity contribution in [2.45, 2.75) is 20.3 Å². The smallest absolute Gasteiger partial charge is 0.225 e. The first kappa shape index (κ1) is 9.77. The van der Waals surface area contributed by atoms with Crippen LogP contribution in [0.5, 0.6) is 0 Å². The Kier molecular flexibility index (Phi) is 3.06. The molecule has 13 heavy (non-hydrogen) atoms. The first-order chi connectivity index (χ1) is 6.15. The molecule has 0 radical (unpaired) electrons. The number of carbonyl (C=O) groups excluding carboxylic acids is 2. The fraction of sp³-hybridized carbons (Fsp3) is 0.556. The Hall–Kier alpha value is -1.32. The van der Waals surface area contributed by atoms with E-state index in [-0.39, 0.29) is 11.7 Å². The Morgan fingerprint density at radius 3 is 2.85 bits per heavy atom. The third kappa shape index (κ3) is 2.31. The van der Waals surface area contributed by atoms with E-state index in [0.717, 1.165) is 6.54 Å². The standard InChI is InChI=1S/C9H14N2O2/c1-3-8(13)6-9-10-4-5-11(9)7(2)12/h6,10H,3-5H2,1-2H3. The Balaban J connectivity index is 2.73. The van der Waals surface area contributed by atoms with Gasteiger partial charge in [0.05, 0.1) is 0 Å². The molecule has 0 aromatic heterocycles. The lowest BCUT2D eigenvalue weighted by molar-refractivity contribution is -0.126. The molecule has 1 amide bonds. The van der Waals surface area contributed by atoms with Crippen molar-refractivity contribution >= 4 is 11.7 Å². The molecule has 1 N–H and O–H groups in total. The number of amides is 1. The minimum absolute atomic E-state index is 0.0276. The molecule has 0 aliphatic carbocycles.